The highest BCUT2D eigenvalue weighted by atomic mass is 19.3. The van der Waals surface area contributed by atoms with Crippen molar-refractivity contribution in [2.45, 2.75) is 58.0 Å². The predicted molar refractivity (Wildman–Crippen MR) is 91.0 cm³/mol. The van der Waals surface area contributed by atoms with Crippen LogP contribution in [0.2, 0.25) is 0 Å². The predicted octanol–water partition coefficient (Wildman–Crippen LogP) is 1.86. The normalized spacial score (nSPS) is 14.1. The van der Waals surface area contributed by atoms with E-state index in [1.807, 2.05) is 0 Å². The summed E-state index contributed by atoms with van der Waals surface area (Å²) in [7, 11) is 1.28. The van der Waals surface area contributed by atoms with Crippen molar-refractivity contribution >= 4 is 11.9 Å². The Kier molecular flexibility index (Phi) is 5.43. The van der Waals surface area contributed by atoms with Gasteiger partial charge in [-0.05, 0) is 33.1 Å². The SMILES string of the molecule is COC(=O)c1c(CNC(=O)c2nnc(C(C)(C)C(F)F)o2)nn2c1CCCC2. The summed E-state index contributed by atoms with van der Waals surface area (Å²) in [4.78, 5) is 24.4. The maximum Gasteiger partial charge on any atom is 0.341 e. The monoisotopic (exact) mass is 397 g/mol. The van der Waals surface area contributed by atoms with E-state index in [-0.39, 0.29) is 12.4 Å². The van der Waals surface area contributed by atoms with E-state index in [4.69, 9.17) is 9.15 Å². The number of nitrogens with zero attached hydrogens (tertiary/aromatic N) is 4. The molecule has 0 radical (unpaired) electrons. The zero-order chi connectivity index (χ0) is 20.5. The molecule has 0 fully saturated rings. The van der Waals surface area contributed by atoms with E-state index < -0.39 is 29.6 Å². The summed E-state index contributed by atoms with van der Waals surface area (Å²) in [5, 5.41) is 14.0. The van der Waals surface area contributed by atoms with Gasteiger partial charge in [0.25, 0.3) is 6.43 Å². The Labute approximate surface area is 159 Å². The first-order valence-electron chi connectivity index (χ1n) is 8.83. The van der Waals surface area contributed by atoms with Crippen molar-refractivity contribution in [1.82, 2.24) is 25.3 Å². The van der Waals surface area contributed by atoms with Crippen molar-refractivity contribution in [2.24, 2.45) is 0 Å². The quantitative estimate of drug-likeness (QED) is 0.741. The minimum absolute atomic E-state index is 0.0702. The Morgan fingerprint density at radius 1 is 1.32 bits per heavy atom. The van der Waals surface area contributed by atoms with Crippen LogP contribution in [0.3, 0.4) is 0 Å². The zero-order valence-electron chi connectivity index (χ0n) is 15.8. The maximum absolute atomic E-state index is 13.1. The molecule has 0 atom stereocenters. The Hall–Kier alpha value is -2.85. The standard InChI is InChI=1S/C17H21F2N5O4/c1-17(2,15(18)19)16-22-21-13(28-16)12(25)20-8-9-11(14(26)27-3)10-6-4-5-7-24(10)23-9/h15H,4-8H2,1-3H3,(H,20,25). The van der Waals surface area contributed by atoms with E-state index in [1.165, 1.54) is 21.0 Å². The van der Waals surface area contributed by atoms with Gasteiger partial charge in [0.05, 0.1) is 25.0 Å². The van der Waals surface area contributed by atoms with Crippen molar-refractivity contribution in [3.8, 4) is 0 Å². The number of carbonyl (C=O) groups is 2. The fourth-order valence-corrected chi connectivity index (χ4v) is 2.91. The Morgan fingerprint density at radius 3 is 2.75 bits per heavy atom. The molecule has 1 amide bonds. The van der Waals surface area contributed by atoms with Crippen LogP contribution in [0.1, 0.15) is 65.0 Å². The van der Waals surface area contributed by atoms with Crippen molar-refractivity contribution < 1.29 is 27.5 Å². The van der Waals surface area contributed by atoms with Crippen LogP contribution in [0.25, 0.3) is 0 Å². The number of carbonyl (C=O) groups excluding carboxylic acids is 2. The molecule has 28 heavy (non-hydrogen) atoms. The van der Waals surface area contributed by atoms with E-state index in [2.05, 4.69) is 20.6 Å². The number of alkyl halides is 2. The lowest BCUT2D eigenvalue weighted by Crippen LogP contribution is -2.27. The van der Waals surface area contributed by atoms with Crippen molar-refractivity contribution in [1.29, 1.82) is 0 Å². The topological polar surface area (TPSA) is 112 Å². The Balaban J connectivity index is 1.76. The van der Waals surface area contributed by atoms with E-state index in [0.29, 0.717) is 24.2 Å². The molecule has 0 aromatic carbocycles. The number of rotatable bonds is 6. The summed E-state index contributed by atoms with van der Waals surface area (Å²) in [6, 6.07) is 0. The maximum atomic E-state index is 13.1. The minimum atomic E-state index is -2.73. The average Bonchev–Trinajstić information content (AvgIpc) is 3.30. The zero-order valence-corrected chi connectivity index (χ0v) is 15.8. The first kappa shape index (κ1) is 19.9. The van der Waals surface area contributed by atoms with Crippen LogP contribution in [-0.4, -0.2) is 45.4 Å². The second kappa shape index (κ2) is 7.64. The number of methoxy groups -OCH3 is 1. The molecule has 11 heteroatoms. The van der Waals surface area contributed by atoms with Gasteiger partial charge in [0, 0.05) is 6.54 Å². The fourth-order valence-electron chi connectivity index (χ4n) is 2.91. The molecule has 2 aromatic heterocycles. The van der Waals surface area contributed by atoms with Gasteiger partial charge in [-0.1, -0.05) is 0 Å². The molecule has 1 aliphatic heterocycles. The number of nitrogens with one attached hydrogen (secondary N) is 1. The van der Waals surface area contributed by atoms with Crippen LogP contribution in [0.15, 0.2) is 4.42 Å². The number of hydrogen-bond acceptors (Lipinski definition) is 7. The first-order valence-corrected chi connectivity index (χ1v) is 8.83. The number of ether oxygens (including phenoxy) is 1. The third-order valence-corrected chi connectivity index (χ3v) is 4.69. The molecule has 0 bridgehead atoms. The molecule has 152 valence electrons. The van der Waals surface area contributed by atoms with E-state index in [0.717, 1.165) is 18.5 Å². The second-order valence-corrected chi connectivity index (χ2v) is 7.06. The summed E-state index contributed by atoms with van der Waals surface area (Å²) in [6.45, 7) is 3.10. The van der Waals surface area contributed by atoms with Crippen LogP contribution < -0.4 is 5.32 Å². The number of aryl methyl sites for hydroxylation is 1. The highest BCUT2D eigenvalue weighted by molar-refractivity contribution is 5.93. The molecule has 1 N–H and O–H groups in total. The van der Waals surface area contributed by atoms with Gasteiger partial charge in [0.2, 0.25) is 5.89 Å². The molecule has 0 spiro atoms. The third kappa shape index (κ3) is 3.60. The van der Waals surface area contributed by atoms with E-state index in [9.17, 15) is 18.4 Å². The van der Waals surface area contributed by atoms with Gasteiger partial charge in [-0.25, -0.2) is 13.6 Å². The van der Waals surface area contributed by atoms with Crippen molar-refractivity contribution in [3.63, 3.8) is 0 Å². The van der Waals surface area contributed by atoms with Crippen molar-refractivity contribution in [3.05, 3.63) is 28.7 Å². The number of amides is 1. The molecule has 9 nitrogen and oxygen atoms in total. The number of esters is 1. The number of halogens is 2. The Morgan fingerprint density at radius 2 is 2.07 bits per heavy atom. The number of fused-ring (bicyclic) bond motifs is 1. The highest BCUT2D eigenvalue weighted by Gasteiger charge is 2.38. The smallest absolute Gasteiger partial charge is 0.341 e. The molecule has 1 aliphatic rings. The van der Waals surface area contributed by atoms with Gasteiger partial charge in [-0.3, -0.25) is 9.48 Å². The molecular formula is C17H21F2N5O4. The third-order valence-electron chi connectivity index (χ3n) is 4.69. The second-order valence-electron chi connectivity index (χ2n) is 7.06. The summed E-state index contributed by atoms with van der Waals surface area (Å²) in [5.41, 5.74) is -0.189. The molecule has 3 rings (SSSR count). The van der Waals surface area contributed by atoms with Crippen LogP contribution >= 0.6 is 0 Å². The highest BCUT2D eigenvalue weighted by Crippen LogP contribution is 2.29. The Bertz CT molecular complexity index is 890. The van der Waals surface area contributed by atoms with Crippen LogP contribution in [0.4, 0.5) is 8.78 Å². The van der Waals surface area contributed by atoms with Gasteiger partial charge in [0.1, 0.15) is 11.0 Å². The van der Waals surface area contributed by atoms with Crippen molar-refractivity contribution in [2.75, 3.05) is 7.11 Å². The first-order chi connectivity index (χ1) is 13.3. The van der Waals surface area contributed by atoms with Gasteiger partial charge >= 0.3 is 17.8 Å². The van der Waals surface area contributed by atoms with Gasteiger partial charge < -0.3 is 14.5 Å². The lowest BCUT2D eigenvalue weighted by Gasteiger charge is -2.17. The summed E-state index contributed by atoms with van der Waals surface area (Å²) in [5.74, 6) is -2.04. The van der Waals surface area contributed by atoms with Crippen LogP contribution in [0, 0.1) is 0 Å². The molecule has 0 aliphatic carbocycles. The number of aromatic nitrogens is 4. The van der Waals surface area contributed by atoms with Gasteiger partial charge in [-0.2, -0.15) is 5.10 Å². The van der Waals surface area contributed by atoms with Crippen LogP contribution in [-0.2, 0) is 29.7 Å². The minimum Gasteiger partial charge on any atom is -0.465 e. The largest absolute Gasteiger partial charge is 0.465 e. The fraction of sp³-hybridized carbons (Fsp3) is 0.588. The summed E-state index contributed by atoms with van der Waals surface area (Å²) < 4.78 is 37.8. The molecular weight excluding hydrogens is 376 g/mol. The van der Waals surface area contributed by atoms with Gasteiger partial charge in [-0.15, -0.1) is 10.2 Å². The van der Waals surface area contributed by atoms with Gasteiger partial charge in [0.15, 0.2) is 0 Å². The lowest BCUT2D eigenvalue weighted by molar-refractivity contribution is 0.0528. The molecule has 0 saturated carbocycles. The number of hydrogen-bond donors (Lipinski definition) is 1. The lowest BCUT2D eigenvalue weighted by atomic mass is 9.94. The molecule has 0 unspecified atom stereocenters. The molecule has 3 heterocycles. The molecule has 0 saturated heterocycles. The van der Waals surface area contributed by atoms with E-state index in [1.54, 1.807) is 4.68 Å². The summed E-state index contributed by atoms with van der Waals surface area (Å²) in [6.07, 6.45) is -0.151. The van der Waals surface area contributed by atoms with Crippen LogP contribution in [0.5, 0.6) is 0 Å². The summed E-state index contributed by atoms with van der Waals surface area (Å²) >= 11 is 0. The molecule has 2 aromatic rings. The van der Waals surface area contributed by atoms with E-state index >= 15 is 0 Å². The average molecular weight is 397 g/mol.